The smallest absolute Gasteiger partial charge is 0.338 e. The van der Waals surface area contributed by atoms with Crippen LogP contribution in [0.15, 0.2) is 42.6 Å². The Morgan fingerprint density at radius 3 is 2.64 bits per heavy atom. The van der Waals surface area contributed by atoms with Gasteiger partial charge in [-0.2, -0.15) is 0 Å². The fourth-order valence-electron chi connectivity index (χ4n) is 2.60. The molecule has 5 nitrogen and oxygen atoms in total. The summed E-state index contributed by atoms with van der Waals surface area (Å²) in [6.45, 7) is 0. The molecule has 0 saturated heterocycles. The topological polar surface area (TPSA) is 71.6 Å². The molecule has 0 saturated carbocycles. The van der Waals surface area contributed by atoms with Crippen molar-refractivity contribution >= 4 is 16.9 Å². The number of hydrogen-bond donors (Lipinski definition) is 2. The molecule has 112 valence electrons. The zero-order valence-corrected chi connectivity index (χ0v) is 12.2. The fourth-order valence-corrected chi connectivity index (χ4v) is 2.60. The van der Waals surface area contributed by atoms with E-state index in [1.807, 2.05) is 24.3 Å². The van der Waals surface area contributed by atoms with Gasteiger partial charge in [-0.3, -0.25) is 0 Å². The number of aromatic nitrogens is 1. The third-order valence-corrected chi connectivity index (χ3v) is 3.60. The molecule has 0 amide bonds. The Balaban J connectivity index is 2.37. The molecule has 1 heterocycles. The van der Waals surface area contributed by atoms with Crippen molar-refractivity contribution in [2.24, 2.45) is 0 Å². The number of esters is 1. The Hall–Kier alpha value is -2.95. The van der Waals surface area contributed by atoms with Crippen LogP contribution in [0.4, 0.5) is 0 Å². The Morgan fingerprint density at radius 1 is 1.14 bits per heavy atom. The number of aromatic amines is 1. The van der Waals surface area contributed by atoms with Crippen LogP contribution in [-0.4, -0.2) is 30.3 Å². The molecule has 0 unspecified atom stereocenters. The largest absolute Gasteiger partial charge is 0.504 e. The van der Waals surface area contributed by atoms with Crippen LogP contribution in [-0.2, 0) is 4.74 Å². The molecule has 5 heteroatoms. The number of phenols is 1. The number of carbonyl (C=O) groups excluding carboxylic acids is 1. The highest BCUT2D eigenvalue weighted by molar-refractivity contribution is 6.06. The molecular weight excluding hydrogens is 282 g/mol. The van der Waals surface area contributed by atoms with Gasteiger partial charge in [-0.25, -0.2) is 4.79 Å². The standard InChI is InChI=1S/C17H15NO4/c1-21-16-14(19)8-7-11(17(20)22-2)15(16)12-9-18-13-6-4-3-5-10(12)13/h3-9,18-19H,1-2H3. The Labute approximate surface area is 127 Å². The predicted molar refractivity (Wildman–Crippen MR) is 83.3 cm³/mol. The van der Waals surface area contributed by atoms with Crippen molar-refractivity contribution in [3.8, 4) is 22.6 Å². The van der Waals surface area contributed by atoms with Crippen LogP contribution < -0.4 is 4.74 Å². The number of aromatic hydroxyl groups is 1. The average molecular weight is 297 g/mol. The van der Waals surface area contributed by atoms with Crippen molar-refractivity contribution < 1.29 is 19.4 Å². The number of rotatable bonds is 3. The van der Waals surface area contributed by atoms with Crippen LogP contribution in [0.3, 0.4) is 0 Å². The van der Waals surface area contributed by atoms with E-state index in [0.29, 0.717) is 11.1 Å². The van der Waals surface area contributed by atoms with E-state index in [2.05, 4.69) is 4.98 Å². The summed E-state index contributed by atoms with van der Waals surface area (Å²) in [7, 11) is 2.77. The number of fused-ring (bicyclic) bond motifs is 1. The zero-order valence-electron chi connectivity index (χ0n) is 12.2. The van der Waals surface area contributed by atoms with Gasteiger partial charge in [-0.1, -0.05) is 18.2 Å². The van der Waals surface area contributed by atoms with Crippen molar-refractivity contribution in [1.29, 1.82) is 0 Å². The SMILES string of the molecule is COC(=O)c1ccc(O)c(OC)c1-c1c[nH]c2ccccc12. The van der Waals surface area contributed by atoms with Gasteiger partial charge in [0.15, 0.2) is 11.5 Å². The van der Waals surface area contributed by atoms with E-state index in [4.69, 9.17) is 9.47 Å². The number of methoxy groups -OCH3 is 2. The monoisotopic (exact) mass is 297 g/mol. The quantitative estimate of drug-likeness (QED) is 0.727. The number of H-pyrrole nitrogens is 1. The van der Waals surface area contributed by atoms with Crippen LogP contribution in [0.1, 0.15) is 10.4 Å². The summed E-state index contributed by atoms with van der Waals surface area (Å²) >= 11 is 0. The summed E-state index contributed by atoms with van der Waals surface area (Å²) in [6, 6.07) is 10.7. The van der Waals surface area contributed by atoms with Crippen LogP contribution in [0, 0.1) is 0 Å². The van der Waals surface area contributed by atoms with E-state index >= 15 is 0 Å². The van der Waals surface area contributed by atoms with Crippen LogP contribution in [0.25, 0.3) is 22.0 Å². The van der Waals surface area contributed by atoms with E-state index in [-0.39, 0.29) is 11.5 Å². The molecule has 2 N–H and O–H groups in total. The number of phenolic OH excluding ortho intramolecular Hbond substituents is 1. The minimum absolute atomic E-state index is 0.0320. The van der Waals surface area contributed by atoms with Crippen molar-refractivity contribution in [1.82, 2.24) is 4.98 Å². The summed E-state index contributed by atoms with van der Waals surface area (Å²) in [5, 5.41) is 11.0. The van der Waals surface area contributed by atoms with Crippen LogP contribution in [0.2, 0.25) is 0 Å². The normalized spacial score (nSPS) is 10.6. The lowest BCUT2D eigenvalue weighted by Crippen LogP contribution is -2.05. The molecule has 22 heavy (non-hydrogen) atoms. The first-order valence-corrected chi connectivity index (χ1v) is 6.72. The highest BCUT2D eigenvalue weighted by Crippen LogP contribution is 2.42. The average Bonchev–Trinajstić information content (AvgIpc) is 2.97. The maximum absolute atomic E-state index is 12.1. The first kappa shape index (κ1) is 14.0. The van der Waals surface area contributed by atoms with Gasteiger partial charge in [0.05, 0.1) is 19.8 Å². The third kappa shape index (κ3) is 2.07. The van der Waals surface area contributed by atoms with Crippen molar-refractivity contribution in [3.63, 3.8) is 0 Å². The summed E-state index contributed by atoms with van der Waals surface area (Å²) in [5.41, 5.74) is 2.54. The van der Waals surface area contributed by atoms with Crippen molar-refractivity contribution in [2.45, 2.75) is 0 Å². The van der Waals surface area contributed by atoms with Gasteiger partial charge in [0.2, 0.25) is 0 Å². The van der Waals surface area contributed by atoms with E-state index < -0.39 is 5.97 Å². The molecule has 0 aliphatic carbocycles. The molecule has 3 aromatic rings. The van der Waals surface area contributed by atoms with E-state index in [0.717, 1.165) is 16.5 Å². The summed E-state index contributed by atoms with van der Waals surface area (Å²) in [6.07, 6.45) is 1.79. The number of hydrogen-bond acceptors (Lipinski definition) is 4. The second-order valence-electron chi connectivity index (χ2n) is 4.78. The molecule has 0 atom stereocenters. The summed E-state index contributed by atoms with van der Waals surface area (Å²) < 4.78 is 10.2. The number of benzene rings is 2. The zero-order chi connectivity index (χ0) is 15.7. The third-order valence-electron chi connectivity index (χ3n) is 3.60. The predicted octanol–water partition coefficient (Wildman–Crippen LogP) is 3.34. The van der Waals surface area contributed by atoms with E-state index in [1.54, 1.807) is 6.20 Å². The van der Waals surface area contributed by atoms with E-state index in [9.17, 15) is 9.90 Å². The summed E-state index contributed by atoms with van der Waals surface area (Å²) in [4.78, 5) is 15.2. The Morgan fingerprint density at radius 2 is 1.91 bits per heavy atom. The van der Waals surface area contributed by atoms with Crippen LogP contribution >= 0.6 is 0 Å². The van der Waals surface area contributed by atoms with Gasteiger partial charge in [0.25, 0.3) is 0 Å². The fraction of sp³-hybridized carbons (Fsp3) is 0.118. The maximum atomic E-state index is 12.1. The lowest BCUT2D eigenvalue weighted by Gasteiger charge is -2.13. The highest BCUT2D eigenvalue weighted by Gasteiger charge is 2.22. The molecule has 2 aromatic carbocycles. The van der Waals surface area contributed by atoms with Gasteiger partial charge >= 0.3 is 5.97 Å². The second-order valence-corrected chi connectivity index (χ2v) is 4.78. The number of ether oxygens (including phenoxy) is 2. The van der Waals surface area contributed by atoms with Gasteiger partial charge in [-0.05, 0) is 18.2 Å². The lowest BCUT2D eigenvalue weighted by molar-refractivity contribution is 0.0601. The highest BCUT2D eigenvalue weighted by atomic mass is 16.5. The molecule has 0 aliphatic rings. The van der Waals surface area contributed by atoms with Gasteiger partial charge in [-0.15, -0.1) is 0 Å². The van der Waals surface area contributed by atoms with Gasteiger partial charge < -0.3 is 19.6 Å². The van der Waals surface area contributed by atoms with Crippen LogP contribution in [0.5, 0.6) is 11.5 Å². The molecule has 0 fully saturated rings. The van der Waals surface area contributed by atoms with Gasteiger partial charge in [0.1, 0.15) is 0 Å². The first-order chi connectivity index (χ1) is 10.7. The molecular formula is C17H15NO4. The maximum Gasteiger partial charge on any atom is 0.338 e. The molecule has 0 aliphatic heterocycles. The molecule has 0 radical (unpaired) electrons. The lowest BCUT2D eigenvalue weighted by atomic mass is 9.97. The minimum Gasteiger partial charge on any atom is -0.504 e. The number of nitrogens with one attached hydrogen (secondary N) is 1. The number of para-hydroxylation sites is 1. The van der Waals surface area contributed by atoms with E-state index in [1.165, 1.54) is 26.4 Å². The molecule has 1 aromatic heterocycles. The first-order valence-electron chi connectivity index (χ1n) is 6.72. The van der Waals surface area contributed by atoms with Crippen molar-refractivity contribution in [3.05, 3.63) is 48.2 Å². The number of carbonyl (C=O) groups is 1. The molecule has 0 spiro atoms. The molecule has 3 rings (SSSR count). The minimum atomic E-state index is -0.487. The molecule has 0 bridgehead atoms. The Bertz CT molecular complexity index is 851. The summed E-state index contributed by atoms with van der Waals surface area (Å²) in [5.74, 6) is -0.276. The van der Waals surface area contributed by atoms with Gasteiger partial charge in [0, 0.05) is 28.2 Å². The Kier molecular flexibility index (Phi) is 3.47. The van der Waals surface area contributed by atoms with Crippen molar-refractivity contribution in [2.75, 3.05) is 14.2 Å². The second kappa shape index (κ2) is 5.44.